The van der Waals surface area contributed by atoms with Crippen molar-refractivity contribution < 1.29 is 9.47 Å². The van der Waals surface area contributed by atoms with Crippen LogP contribution in [0.5, 0.6) is 11.5 Å². The molecule has 20 heavy (non-hydrogen) atoms. The van der Waals surface area contributed by atoms with Gasteiger partial charge in [-0.05, 0) is 0 Å². The molecule has 106 valence electrons. The van der Waals surface area contributed by atoms with Gasteiger partial charge in [0.2, 0.25) is 0 Å². The summed E-state index contributed by atoms with van der Waals surface area (Å²) in [6.45, 7) is 0.565. The fourth-order valence-electron chi connectivity index (χ4n) is 1.99. The first-order valence-corrected chi connectivity index (χ1v) is 16.8. The van der Waals surface area contributed by atoms with Gasteiger partial charge in [-0.3, -0.25) is 0 Å². The van der Waals surface area contributed by atoms with E-state index in [-0.39, 0.29) is 0 Å². The van der Waals surface area contributed by atoms with Gasteiger partial charge in [0.05, 0.1) is 0 Å². The van der Waals surface area contributed by atoms with E-state index in [9.17, 15) is 0 Å². The van der Waals surface area contributed by atoms with Crippen molar-refractivity contribution in [1.82, 2.24) is 0 Å². The van der Waals surface area contributed by atoms with Crippen LogP contribution < -0.4 is 13.1 Å². The van der Waals surface area contributed by atoms with Gasteiger partial charge in [-0.15, -0.1) is 0 Å². The molecule has 2 aromatic carbocycles. The van der Waals surface area contributed by atoms with Crippen LogP contribution in [0.3, 0.4) is 0 Å². The summed E-state index contributed by atoms with van der Waals surface area (Å²) in [4.78, 5) is 7.19. The molecule has 2 nitrogen and oxygen atoms in total. The molecule has 0 saturated carbocycles. The van der Waals surface area contributed by atoms with Gasteiger partial charge < -0.3 is 0 Å². The van der Waals surface area contributed by atoms with E-state index in [0.29, 0.717) is 6.61 Å². The predicted octanol–water partition coefficient (Wildman–Crippen LogP) is 3.82. The van der Waals surface area contributed by atoms with Gasteiger partial charge in [-0.25, -0.2) is 0 Å². The topological polar surface area (TPSA) is 18.5 Å². The summed E-state index contributed by atoms with van der Waals surface area (Å²) in [5.74, 6) is 1.65. The van der Waals surface area contributed by atoms with E-state index >= 15 is 0 Å². The number of benzene rings is 2. The number of ether oxygens (including phenoxy) is 2. The Hall–Kier alpha value is -1.16. The summed E-state index contributed by atoms with van der Waals surface area (Å²) < 4.78 is 12.8. The first-order valence-electron chi connectivity index (χ1n) is 6.86. The molecule has 0 aliphatic carbocycles. The zero-order valence-electron chi connectivity index (χ0n) is 12.6. The molecule has 3 heteroatoms. The molecule has 0 N–H and O–H groups in total. The summed E-state index contributed by atoms with van der Waals surface area (Å²) >= 11 is -2.06. The van der Waals surface area contributed by atoms with E-state index in [4.69, 9.17) is 9.47 Å². The molecule has 0 heterocycles. The van der Waals surface area contributed by atoms with Crippen LogP contribution in [0.2, 0.25) is 14.8 Å². The van der Waals surface area contributed by atoms with Crippen LogP contribution in [0.4, 0.5) is 0 Å². The van der Waals surface area contributed by atoms with Crippen molar-refractivity contribution in [2.75, 3.05) is 7.11 Å². The summed E-state index contributed by atoms with van der Waals surface area (Å²) in [5, 5.41) is 0. The Kier molecular flexibility index (Phi) is 4.97. The van der Waals surface area contributed by atoms with E-state index in [1.165, 1.54) is 3.58 Å². The third kappa shape index (κ3) is 3.92. The summed E-state index contributed by atoms with van der Waals surface area (Å²) in [6.07, 6.45) is 0. The SMILES string of the molecule is COc1c[c]([Sn]([CH3])([CH3])[CH3])ccc1OCc1ccccc1. The third-order valence-corrected chi connectivity index (χ3v) is 9.10. The first-order chi connectivity index (χ1) is 9.50. The third-order valence-electron chi connectivity index (χ3n) is 3.27. The van der Waals surface area contributed by atoms with Gasteiger partial charge in [0, 0.05) is 0 Å². The van der Waals surface area contributed by atoms with Crippen LogP contribution in [0.25, 0.3) is 0 Å². The Morgan fingerprint density at radius 3 is 2.20 bits per heavy atom. The van der Waals surface area contributed by atoms with Crippen LogP contribution >= 0.6 is 0 Å². The Morgan fingerprint density at radius 1 is 0.900 bits per heavy atom. The number of hydrogen-bond acceptors (Lipinski definition) is 2. The number of hydrogen-bond donors (Lipinski definition) is 0. The van der Waals surface area contributed by atoms with Crippen molar-refractivity contribution in [2.24, 2.45) is 0 Å². The summed E-state index contributed by atoms with van der Waals surface area (Å²) in [7, 11) is 1.70. The van der Waals surface area contributed by atoms with Crippen LogP contribution in [0.1, 0.15) is 5.56 Å². The van der Waals surface area contributed by atoms with Gasteiger partial charge in [-0.1, -0.05) is 0 Å². The van der Waals surface area contributed by atoms with E-state index in [1.54, 1.807) is 7.11 Å². The molecule has 0 radical (unpaired) electrons. The molecule has 0 fully saturated rings. The molecular weight excluding hydrogens is 355 g/mol. The van der Waals surface area contributed by atoms with Gasteiger partial charge in [-0.2, -0.15) is 0 Å². The second-order valence-electron chi connectivity index (χ2n) is 5.89. The summed E-state index contributed by atoms with van der Waals surface area (Å²) in [6, 6.07) is 16.6. The van der Waals surface area contributed by atoms with E-state index in [0.717, 1.165) is 17.1 Å². The number of rotatable bonds is 5. The Labute approximate surface area is 125 Å². The molecule has 0 aliphatic rings. The van der Waals surface area contributed by atoms with Crippen molar-refractivity contribution in [1.29, 1.82) is 0 Å². The van der Waals surface area contributed by atoms with Crippen molar-refractivity contribution in [3.8, 4) is 11.5 Å². The Bertz CT molecular complexity index is 559. The van der Waals surface area contributed by atoms with Crippen LogP contribution in [0, 0.1) is 0 Å². The van der Waals surface area contributed by atoms with Crippen LogP contribution in [-0.4, -0.2) is 25.5 Å². The normalized spacial score (nSPS) is 11.2. The first kappa shape index (κ1) is 15.2. The van der Waals surface area contributed by atoms with Gasteiger partial charge >= 0.3 is 126 Å². The molecule has 0 aliphatic heterocycles. The van der Waals surface area contributed by atoms with Crippen molar-refractivity contribution in [3.05, 3.63) is 54.1 Å². The van der Waals surface area contributed by atoms with E-state index in [2.05, 4.69) is 39.1 Å². The standard InChI is InChI=1S/C14H13O2.3CH3.Sn/c1-15-13-9-5-6-10-14(13)16-11-12-7-3-2-4-8-12;;;;/h2-4,6-10H,11H2,1H3;3*1H3;. The van der Waals surface area contributed by atoms with Crippen molar-refractivity contribution >= 4 is 22.0 Å². The predicted molar refractivity (Wildman–Crippen MR) is 86.7 cm³/mol. The molecule has 0 amide bonds. The fraction of sp³-hybridized carbons (Fsp3) is 0.294. The average molecular weight is 377 g/mol. The maximum atomic E-state index is 5.88. The fourth-order valence-corrected chi connectivity index (χ4v) is 5.26. The zero-order chi connectivity index (χ0) is 14.6. The molecule has 0 atom stereocenters. The van der Waals surface area contributed by atoms with Crippen LogP contribution in [0.15, 0.2) is 48.5 Å². The van der Waals surface area contributed by atoms with Crippen molar-refractivity contribution in [2.45, 2.75) is 21.4 Å². The minimum atomic E-state index is -2.06. The monoisotopic (exact) mass is 378 g/mol. The van der Waals surface area contributed by atoms with Crippen LogP contribution in [-0.2, 0) is 6.61 Å². The van der Waals surface area contributed by atoms with E-state index < -0.39 is 18.4 Å². The molecule has 0 unspecified atom stereocenters. The zero-order valence-corrected chi connectivity index (χ0v) is 15.5. The van der Waals surface area contributed by atoms with Crippen molar-refractivity contribution in [3.63, 3.8) is 0 Å². The summed E-state index contributed by atoms with van der Waals surface area (Å²) in [5.41, 5.74) is 1.16. The molecule has 0 saturated heterocycles. The molecule has 0 spiro atoms. The minimum absolute atomic E-state index is 0.565. The molecule has 0 bridgehead atoms. The second-order valence-corrected chi connectivity index (χ2v) is 20.4. The molecule has 2 rings (SSSR count). The number of methoxy groups -OCH3 is 1. The molecule has 0 aromatic heterocycles. The van der Waals surface area contributed by atoms with Gasteiger partial charge in [0.1, 0.15) is 0 Å². The molecular formula is C17H22O2Sn. The van der Waals surface area contributed by atoms with Gasteiger partial charge in [0.25, 0.3) is 0 Å². The average Bonchev–Trinajstić information content (AvgIpc) is 2.45. The Morgan fingerprint density at radius 2 is 1.60 bits per heavy atom. The Balaban J connectivity index is 2.16. The maximum absolute atomic E-state index is 5.88. The van der Waals surface area contributed by atoms with E-state index in [1.807, 2.05) is 24.3 Å². The quantitative estimate of drug-likeness (QED) is 0.738. The van der Waals surface area contributed by atoms with Gasteiger partial charge in [0.15, 0.2) is 0 Å². The molecule has 2 aromatic rings. The second kappa shape index (κ2) is 6.53.